The van der Waals surface area contributed by atoms with Gasteiger partial charge in [-0.3, -0.25) is 10.1 Å². The Hall–Kier alpha value is -1.38. The summed E-state index contributed by atoms with van der Waals surface area (Å²) in [6.45, 7) is 0. The van der Waals surface area contributed by atoms with Crippen molar-refractivity contribution in [1.29, 1.82) is 0 Å². The smallest absolute Gasteiger partial charge is 0.258 e. The highest BCUT2D eigenvalue weighted by Gasteiger charge is 2.70. The van der Waals surface area contributed by atoms with Crippen LogP contribution in [-0.4, -0.2) is 4.92 Å². The van der Waals surface area contributed by atoms with E-state index in [-0.39, 0.29) is 4.92 Å². The molecule has 0 radical (unpaired) electrons. The van der Waals surface area contributed by atoms with Crippen molar-refractivity contribution >= 4 is 5.69 Å². The van der Waals surface area contributed by atoms with Gasteiger partial charge in [-0.1, -0.05) is 12.1 Å². The molecule has 0 heterocycles. The SMILES string of the molecule is O=[N+]([O-])c1cccc2c1[C@@H]1[C@@H]3C[C@H]2[C@@H]31. The first-order valence-electron chi connectivity index (χ1n) is 5.06. The summed E-state index contributed by atoms with van der Waals surface area (Å²) < 4.78 is 0. The topological polar surface area (TPSA) is 43.1 Å². The fraction of sp³-hybridized carbons (Fsp3) is 0.455. The average molecular weight is 187 g/mol. The molecule has 2 fully saturated rings. The second-order valence-electron chi connectivity index (χ2n) is 4.65. The van der Waals surface area contributed by atoms with Gasteiger partial charge in [0.1, 0.15) is 0 Å². The number of nitrogens with zero attached hydrogens (tertiary/aromatic N) is 1. The largest absolute Gasteiger partial charge is 0.273 e. The van der Waals surface area contributed by atoms with Crippen LogP contribution in [0.5, 0.6) is 0 Å². The Balaban J connectivity index is 2.00. The Kier molecular flexibility index (Phi) is 0.923. The van der Waals surface area contributed by atoms with E-state index in [1.807, 2.05) is 6.07 Å². The molecule has 0 bridgehead atoms. The zero-order valence-electron chi connectivity index (χ0n) is 7.51. The van der Waals surface area contributed by atoms with Gasteiger partial charge in [-0.05, 0) is 35.7 Å². The maximum atomic E-state index is 10.9. The molecule has 0 unspecified atom stereocenters. The maximum absolute atomic E-state index is 10.9. The lowest BCUT2D eigenvalue weighted by atomic mass is 9.78. The van der Waals surface area contributed by atoms with E-state index in [4.69, 9.17) is 0 Å². The van der Waals surface area contributed by atoms with E-state index in [0.29, 0.717) is 17.5 Å². The molecule has 0 aromatic heterocycles. The summed E-state index contributed by atoms with van der Waals surface area (Å²) >= 11 is 0. The molecule has 3 aliphatic rings. The third-order valence-electron chi connectivity index (χ3n) is 4.27. The number of rotatable bonds is 1. The third kappa shape index (κ3) is 0.541. The Bertz CT molecular complexity index is 468. The van der Waals surface area contributed by atoms with E-state index in [1.165, 1.54) is 12.0 Å². The number of benzene rings is 1. The standard InChI is InChI=1S/C11H9NO2/c13-12(14)8-3-1-2-5-6-4-7-9(6)11(7)10(5)8/h1-3,6-7,9,11H,4H2/t6-,7-,9+,11-/m1/s1. The molecule has 0 aliphatic heterocycles. The van der Waals surface area contributed by atoms with Crippen LogP contribution in [0.15, 0.2) is 18.2 Å². The molecule has 3 aliphatic carbocycles. The second-order valence-corrected chi connectivity index (χ2v) is 4.65. The van der Waals surface area contributed by atoms with Gasteiger partial charge in [0.15, 0.2) is 0 Å². The monoisotopic (exact) mass is 187 g/mol. The second kappa shape index (κ2) is 1.85. The molecular weight excluding hydrogens is 178 g/mol. The van der Waals surface area contributed by atoms with Crippen LogP contribution < -0.4 is 0 Å². The van der Waals surface area contributed by atoms with Gasteiger partial charge in [0, 0.05) is 11.6 Å². The Morgan fingerprint density at radius 2 is 2.29 bits per heavy atom. The molecule has 0 N–H and O–H groups in total. The van der Waals surface area contributed by atoms with Crippen molar-refractivity contribution in [3.05, 3.63) is 39.4 Å². The first kappa shape index (κ1) is 6.98. The first-order valence-corrected chi connectivity index (χ1v) is 5.06. The van der Waals surface area contributed by atoms with E-state index < -0.39 is 0 Å². The quantitative estimate of drug-likeness (QED) is 0.500. The summed E-state index contributed by atoms with van der Waals surface area (Å²) in [5, 5.41) is 10.9. The molecule has 3 heteroatoms. The van der Waals surface area contributed by atoms with Crippen molar-refractivity contribution in [3.8, 4) is 0 Å². The Morgan fingerprint density at radius 1 is 1.43 bits per heavy atom. The summed E-state index contributed by atoms with van der Waals surface area (Å²) in [7, 11) is 0. The molecule has 70 valence electrons. The first-order chi connectivity index (χ1) is 6.79. The summed E-state index contributed by atoms with van der Waals surface area (Å²) in [5.41, 5.74) is 2.71. The summed E-state index contributed by atoms with van der Waals surface area (Å²) in [5.74, 6) is 2.80. The molecule has 3 nitrogen and oxygen atoms in total. The highest BCUT2D eigenvalue weighted by Crippen LogP contribution is 2.79. The fourth-order valence-electron chi connectivity index (χ4n) is 3.66. The van der Waals surface area contributed by atoms with Crippen molar-refractivity contribution in [2.45, 2.75) is 18.3 Å². The van der Waals surface area contributed by atoms with E-state index in [9.17, 15) is 10.1 Å². The van der Waals surface area contributed by atoms with Crippen molar-refractivity contribution in [1.82, 2.24) is 0 Å². The van der Waals surface area contributed by atoms with Gasteiger partial charge in [-0.2, -0.15) is 0 Å². The summed E-state index contributed by atoms with van der Waals surface area (Å²) in [6.07, 6.45) is 1.28. The van der Waals surface area contributed by atoms with Gasteiger partial charge in [-0.15, -0.1) is 0 Å². The molecule has 0 spiro atoms. The average Bonchev–Trinajstić information content (AvgIpc) is 2.61. The van der Waals surface area contributed by atoms with Crippen LogP contribution in [0.1, 0.15) is 29.4 Å². The van der Waals surface area contributed by atoms with Crippen LogP contribution in [0.2, 0.25) is 0 Å². The molecule has 4 rings (SSSR count). The number of fused-ring (bicyclic) bond motifs is 4. The van der Waals surface area contributed by atoms with E-state index in [0.717, 1.165) is 17.4 Å². The molecule has 2 saturated carbocycles. The molecule has 0 amide bonds. The van der Waals surface area contributed by atoms with E-state index in [1.54, 1.807) is 6.07 Å². The van der Waals surface area contributed by atoms with Crippen LogP contribution in [-0.2, 0) is 0 Å². The number of nitro benzene ring substituents is 1. The van der Waals surface area contributed by atoms with Crippen molar-refractivity contribution in [2.75, 3.05) is 0 Å². The zero-order valence-corrected chi connectivity index (χ0v) is 7.51. The maximum Gasteiger partial charge on any atom is 0.273 e. The number of hydrogen-bond acceptors (Lipinski definition) is 2. The highest BCUT2D eigenvalue weighted by molar-refractivity contribution is 5.60. The van der Waals surface area contributed by atoms with Gasteiger partial charge >= 0.3 is 0 Å². The molecule has 4 atom stereocenters. The Morgan fingerprint density at radius 3 is 3.07 bits per heavy atom. The van der Waals surface area contributed by atoms with Gasteiger partial charge in [0.25, 0.3) is 5.69 Å². The number of hydrogen-bond donors (Lipinski definition) is 0. The molecule has 1 aromatic carbocycles. The minimum atomic E-state index is -0.223. The summed E-state index contributed by atoms with van der Waals surface area (Å²) in [6, 6.07) is 5.56. The predicted octanol–water partition coefficient (Wildman–Crippen LogP) is 2.43. The molecule has 14 heavy (non-hydrogen) atoms. The van der Waals surface area contributed by atoms with Gasteiger partial charge < -0.3 is 0 Å². The predicted molar refractivity (Wildman–Crippen MR) is 50.2 cm³/mol. The van der Waals surface area contributed by atoms with Crippen molar-refractivity contribution in [2.24, 2.45) is 11.8 Å². The van der Waals surface area contributed by atoms with Crippen LogP contribution in [0.25, 0.3) is 0 Å². The normalized spacial score (nSPS) is 39.7. The molecular formula is C11H9NO2. The van der Waals surface area contributed by atoms with Gasteiger partial charge in [0.2, 0.25) is 0 Å². The Labute approximate surface area is 80.9 Å². The summed E-state index contributed by atoms with van der Waals surface area (Å²) in [4.78, 5) is 10.6. The minimum Gasteiger partial charge on any atom is -0.258 e. The number of nitro groups is 1. The van der Waals surface area contributed by atoms with E-state index in [2.05, 4.69) is 6.07 Å². The van der Waals surface area contributed by atoms with Crippen LogP contribution in [0, 0.1) is 22.0 Å². The van der Waals surface area contributed by atoms with Crippen LogP contribution >= 0.6 is 0 Å². The van der Waals surface area contributed by atoms with Crippen LogP contribution in [0.3, 0.4) is 0 Å². The zero-order chi connectivity index (χ0) is 9.45. The van der Waals surface area contributed by atoms with Gasteiger partial charge in [-0.25, -0.2) is 0 Å². The lowest BCUT2D eigenvalue weighted by Gasteiger charge is -2.26. The molecule has 1 aromatic rings. The van der Waals surface area contributed by atoms with Crippen molar-refractivity contribution < 1.29 is 4.92 Å². The lowest BCUT2D eigenvalue weighted by Crippen LogP contribution is -2.14. The highest BCUT2D eigenvalue weighted by atomic mass is 16.6. The van der Waals surface area contributed by atoms with Crippen molar-refractivity contribution in [3.63, 3.8) is 0 Å². The van der Waals surface area contributed by atoms with Gasteiger partial charge in [0.05, 0.1) is 4.92 Å². The fourth-order valence-corrected chi connectivity index (χ4v) is 3.66. The minimum absolute atomic E-state index is 0.223. The van der Waals surface area contributed by atoms with E-state index >= 15 is 0 Å². The lowest BCUT2D eigenvalue weighted by molar-refractivity contribution is -0.385. The van der Waals surface area contributed by atoms with Crippen LogP contribution in [0.4, 0.5) is 5.69 Å². The molecule has 0 saturated heterocycles. The third-order valence-corrected chi connectivity index (χ3v) is 4.27.